The molecule has 1 saturated heterocycles. The molecule has 0 radical (unpaired) electrons. The van der Waals surface area contributed by atoms with Gasteiger partial charge in [-0.3, -0.25) is 14.4 Å². The Morgan fingerprint density at radius 3 is 2.37 bits per heavy atom. The van der Waals surface area contributed by atoms with Crippen LogP contribution in [0, 0.1) is 12.8 Å². The van der Waals surface area contributed by atoms with Crippen molar-refractivity contribution in [2.45, 2.75) is 72.2 Å². The van der Waals surface area contributed by atoms with E-state index in [1.54, 1.807) is 30.9 Å². The van der Waals surface area contributed by atoms with Crippen molar-refractivity contribution < 1.29 is 19.1 Å². The average molecular weight is 591 g/mol. The minimum absolute atomic E-state index is 0. The number of anilines is 1. The summed E-state index contributed by atoms with van der Waals surface area (Å²) in [4.78, 5) is 46.2. The molecule has 0 bridgehead atoms. The first-order valence-corrected chi connectivity index (χ1v) is 14.4. The molecule has 10 nitrogen and oxygen atoms in total. The maximum Gasteiger partial charge on any atom is 0.250 e. The second-order valence-electron chi connectivity index (χ2n) is 11.7. The third-order valence-corrected chi connectivity index (χ3v) is 7.57. The van der Waals surface area contributed by atoms with Crippen molar-refractivity contribution in [3.05, 3.63) is 83.8 Å². The van der Waals surface area contributed by atoms with E-state index in [2.05, 4.69) is 22.5 Å². The third-order valence-electron chi connectivity index (χ3n) is 7.57. The van der Waals surface area contributed by atoms with Gasteiger partial charge < -0.3 is 30.6 Å². The number of nitrogens with zero attached hydrogens (tertiary/aromatic N) is 3. The number of ether oxygens (including phenoxy) is 1. The summed E-state index contributed by atoms with van der Waals surface area (Å²) < 4.78 is 7.52. The Bertz CT molecular complexity index is 1360. The van der Waals surface area contributed by atoms with Crippen molar-refractivity contribution in [2.24, 2.45) is 11.7 Å². The van der Waals surface area contributed by atoms with Gasteiger partial charge in [-0.2, -0.15) is 0 Å². The topological polar surface area (TPSA) is 132 Å². The number of carbonyl (C=O) groups excluding carboxylic acids is 3. The molecule has 1 aromatic heterocycles. The van der Waals surface area contributed by atoms with Crippen LogP contribution < -0.4 is 16.4 Å². The molecular formula is C33H46N6O4. The molecule has 43 heavy (non-hydrogen) atoms. The van der Waals surface area contributed by atoms with Crippen LogP contribution in [-0.4, -0.2) is 63.4 Å². The predicted octanol–water partition coefficient (Wildman–Crippen LogP) is 4.05. The molecule has 4 N–H and O–H groups in total. The van der Waals surface area contributed by atoms with Crippen LogP contribution in [0.1, 0.15) is 63.8 Å². The SMILES string of the molecule is C.Cc1ccccc1C(C(=O)N1CCC(C)CC1)n1cnc(NC(=O)C(COCc2ccccc2)NC(=O)C(C)(C)N)c1. The maximum atomic E-state index is 13.9. The van der Waals surface area contributed by atoms with Crippen molar-refractivity contribution in [3.63, 3.8) is 0 Å². The summed E-state index contributed by atoms with van der Waals surface area (Å²) >= 11 is 0. The van der Waals surface area contributed by atoms with Crippen LogP contribution in [0.4, 0.5) is 5.82 Å². The molecule has 4 rings (SSSR count). The molecule has 1 aliphatic rings. The van der Waals surface area contributed by atoms with Crippen LogP contribution in [0.3, 0.4) is 0 Å². The van der Waals surface area contributed by atoms with Crippen LogP contribution in [0.25, 0.3) is 0 Å². The average Bonchev–Trinajstić information content (AvgIpc) is 3.41. The van der Waals surface area contributed by atoms with Crippen LogP contribution in [-0.2, 0) is 25.7 Å². The van der Waals surface area contributed by atoms with Gasteiger partial charge in [-0.1, -0.05) is 68.9 Å². The summed E-state index contributed by atoms with van der Waals surface area (Å²) in [6, 6.07) is 15.7. The van der Waals surface area contributed by atoms with E-state index in [1.165, 1.54) is 0 Å². The van der Waals surface area contributed by atoms with Gasteiger partial charge in [-0.25, -0.2) is 4.98 Å². The summed E-state index contributed by atoms with van der Waals surface area (Å²) in [5.74, 6) is -0.146. The summed E-state index contributed by atoms with van der Waals surface area (Å²) in [7, 11) is 0. The van der Waals surface area contributed by atoms with Gasteiger partial charge in [0.1, 0.15) is 12.1 Å². The molecule has 0 spiro atoms. The zero-order chi connectivity index (χ0) is 30.3. The van der Waals surface area contributed by atoms with E-state index in [9.17, 15) is 14.4 Å². The Morgan fingerprint density at radius 2 is 1.72 bits per heavy atom. The first-order chi connectivity index (χ1) is 20.0. The van der Waals surface area contributed by atoms with Gasteiger partial charge in [0.15, 0.2) is 5.82 Å². The number of amides is 3. The Labute approximate surface area is 255 Å². The van der Waals surface area contributed by atoms with Crippen molar-refractivity contribution in [1.82, 2.24) is 19.8 Å². The number of hydrogen-bond acceptors (Lipinski definition) is 6. The lowest BCUT2D eigenvalue weighted by Crippen LogP contribution is -2.56. The predicted molar refractivity (Wildman–Crippen MR) is 168 cm³/mol. The highest BCUT2D eigenvalue weighted by Gasteiger charge is 2.32. The van der Waals surface area contributed by atoms with E-state index < -0.39 is 29.4 Å². The minimum Gasteiger partial charge on any atom is -0.374 e. The van der Waals surface area contributed by atoms with Crippen molar-refractivity contribution in [3.8, 4) is 0 Å². The van der Waals surface area contributed by atoms with Crippen LogP contribution in [0.5, 0.6) is 0 Å². The highest BCUT2D eigenvalue weighted by Crippen LogP contribution is 2.27. The van der Waals surface area contributed by atoms with Gasteiger partial charge in [-0.05, 0) is 56.2 Å². The van der Waals surface area contributed by atoms with E-state index in [1.807, 2.05) is 66.4 Å². The molecule has 2 aromatic carbocycles. The van der Waals surface area contributed by atoms with E-state index in [-0.39, 0.29) is 32.4 Å². The quantitative estimate of drug-likeness (QED) is 0.309. The Kier molecular flexibility index (Phi) is 11.6. The molecule has 2 heterocycles. The molecule has 10 heteroatoms. The number of aromatic nitrogens is 2. The van der Waals surface area contributed by atoms with E-state index in [4.69, 9.17) is 10.5 Å². The smallest absolute Gasteiger partial charge is 0.250 e. The molecule has 0 saturated carbocycles. The molecule has 232 valence electrons. The number of piperidine rings is 1. The first kappa shape index (κ1) is 33.5. The molecular weight excluding hydrogens is 544 g/mol. The van der Waals surface area contributed by atoms with Crippen LogP contribution in [0.15, 0.2) is 67.1 Å². The van der Waals surface area contributed by atoms with Crippen molar-refractivity contribution in [2.75, 3.05) is 25.0 Å². The number of nitrogens with one attached hydrogen (secondary N) is 2. The van der Waals surface area contributed by atoms with Gasteiger partial charge in [0.05, 0.1) is 25.1 Å². The van der Waals surface area contributed by atoms with Crippen molar-refractivity contribution in [1.29, 1.82) is 0 Å². The van der Waals surface area contributed by atoms with Gasteiger partial charge in [0, 0.05) is 19.3 Å². The Balaban J connectivity index is 0.00000506. The zero-order valence-corrected chi connectivity index (χ0v) is 24.9. The fraction of sp³-hybridized carbons (Fsp3) is 0.455. The zero-order valence-electron chi connectivity index (χ0n) is 24.9. The summed E-state index contributed by atoms with van der Waals surface area (Å²) in [6.07, 6.45) is 5.14. The number of rotatable bonds is 11. The first-order valence-electron chi connectivity index (χ1n) is 14.4. The molecule has 3 amide bonds. The van der Waals surface area contributed by atoms with Gasteiger partial charge in [0.2, 0.25) is 11.8 Å². The summed E-state index contributed by atoms with van der Waals surface area (Å²) in [5.41, 5.74) is 7.58. The Hall–Kier alpha value is -4.02. The van der Waals surface area contributed by atoms with Gasteiger partial charge in [0.25, 0.3) is 5.91 Å². The minimum atomic E-state index is -1.19. The normalized spacial score (nSPS) is 15.2. The van der Waals surface area contributed by atoms with Crippen molar-refractivity contribution >= 4 is 23.5 Å². The number of imidazole rings is 1. The lowest BCUT2D eigenvalue weighted by atomic mass is 9.96. The molecule has 1 fully saturated rings. The van der Waals surface area contributed by atoms with Crippen LogP contribution in [0.2, 0.25) is 0 Å². The van der Waals surface area contributed by atoms with Gasteiger partial charge >= 0.3 is 0 Å². The third kappa shape index (κ3) is 8.98. The number of nitrogens with two attached hydrogens (primary N) is 1. The van der Waals surface area contributed by atoms with Crippen LogP contribution >= 0.6 is 0 Å². The second-order valence-corrected chi connectivity index (χ2v) is 11.7. The molecule has 2 atom stereocenters. The molecule has 1 aliphatic heterocycles. The standard InChI is InChI=1S/C32H42N6O4.CH4/c1-22-14-16-37(17-15-22)30(40)28(25-13-9-8-10-23(25)2)38-18-27(34-21-38)36-29(39)26(35-31(41)32(3,4)33)20-42-19-24-11-6-5-7-12-24;/h5-13,18,21-22,26,28H,14-17,19-20,33H2,1-4H3,(H,35,41)(H,36,39);1H4. The van der Waals surface area contributed by atoms with Gasteiger partial charge in [-0.15, -0.1) is 0 Å². The number of carbonyl (C=O) groups is 3. The van der Waals surface area contributed by atoms with E-state index in [0.29, 0.717) is 19.0 Å². The lowest BCUT2D eigenvalue weighted by molar-refractivity contribution is -0.135. The monoisotopic (exact) mass is 590 g/mol. The largest absolute Gasteiger partial charge is 0.374 e. The highest BCUT2D eigenvalue weighted by molar-refractivity contribution is 5.98. The fourth-order valence-electron chi connectivity index (χ4n) is 4.87. The summed E-state index contributed by atoms with van der Waals surface area (Å²) in [6.45, 7) is 8.95. The molecule has 2 unspecified atom stereocenters. The highest BCUT2D eigenvalue weighted by atomic mass is 16.5. The fourth-order valence-corrected chi connectivity index (χ4v) is 4.87. The van der Waals surface area contributed by atoms with E-state index >= 15 is 0 Å². The molecule has 0 aliphatic carbocycles. The number of likely N-dealkylation sites (tertiary alicyclic amines) is 1. The molecule has 3 aromatic rings. The summed E-state index contributed by atoms with van der Waals surface area (Å²) in [5, 5.41) is 5.48. The second kappa shape index (κ2) is 14.9. The number of benzene rings is 2. The Morgan fingerprint density at radius 1 is 1.07 bits per heavy atom. The lowest BCUT2D eigenvalue weighted by Gasteiger charge is -2.33. The number of aryl methyl sites for hydroxylation is 1. The van der Waals surface area contributed by atoms with E-state index in [0.717, 1.165) is 29.5 Å². The maximum absolute atomic E-state index is 13.9. The number of hydrogen-bond donors (Lipinski definition) is 3.